The Morgan fingerprint density at radius 3 is 1.17 bits per heavy atom. The van der Waals surface area contributed by atoms with Crippen molar-refractivity contribution in [2.45, 2.75) is 0 Å². The predicted octanol–water partition coefficient (Wildman–Crippen LogP) is -0.472. The van der Waals surface area contributed by atoms with E-state index in [-0.39, 0.29) is 126 Å². The molecule has 0 fully saturated rings. The molecule has 0 aliphatic heterocycles. The van der Waals surface area contributed by atoms with Gasteiger partial charge in [-0.25, -0.2) is 0 Å². The quantitative estimate of drug-likeness (QED) is 0.550. The molecule has 0 aliphatic carbocycles. The predicted molar refractivity (Wildman–Crippen MR) is 55.6 cm³/mol. The normalized spacial score (nSPS) is 3.08. The van der Waals surface area contributed by atoms with E-state index in [9.17, 15) is 4.79 Å². The summed E-state index contributed by atoms with van der Waals surface area (Å²) in [6.07, 6.45) is 0. The smallest absolute Gasteiger partial charge is 0.317 e. The Hall–Kier alpha value is 2.89. The van der Waals surface area contributed by atoms with Crippen LogP contribution in [0.5, 0.6) is 0 Å². The van der Waals surface area contributed by atoms with E-state index in [1.807, 2.05) is 0 Å². The van der Waals surface area contributed by atoms with Gasteiger partial charge in [0.2, 0.25) is 0 Å². The summed E-state index contributed by atoms with van der Waals surface area (Å²) in [5, 5.41) is 7.60. The molecule has 0 aromatic heterocycles. The molecule has 0 radical (unpaired) electrons. The summed E-state index contributed by atoms with van der Waals surface area (Å²) in [7, 11) is 0. The summed E-state index contributed by atoms with van der Waals surface area (Å²) in [6.45, 7) is -0.278. The van der Waals surface area contributed by atoms with Crippen molar-refractivity contribution in [1.82, 2.24) is 0 Å². The topological polar surface area (TPSA) is 63.3 Å². The van der Waals surface area contributed by atoms with E-state index in [2.05, 4.69) is 5.73 Å². The number of hydrogen-bond donors (Lipinski definition) is 2. The third-order valence-corrected chi connectivity index (χ3v) is 0.175. The molecular formula is C2H12AlCl4NO2Zr2. The molecule has 0 spiro atoms. The van der Waals surface area contributed by atoms with Crippen LogP contribution in [0.4, 0.5) is 0 Å². The van der Waals surface area contributed by atoms with Gasteiger partial charge < -0.3 is 10.8 Å². The molecule has 0 bridgehead atoms. The van der Waals surface area contributed by atoms with Crippen LogP contribution in [0.25, 0.3) is 0 Å². The van der Waals surface area contributed by atoms with Crippen LogP contribution < -0.4 is 5.73 Å². The minimum Gasteiger partial charge on any atom is -0.480 e. The molecule has 3 N–H and O–H groups in total. The molecule has 0 heterocycles. The van der Waals surface area contributed by atoms with Crippen LogP contribution in [0.1, 0.15) is 0 Å². The van der Waals surface area contributed by atoms with Crippen molar-refractivity contribution in [3.63, 3.8) is 0 Å². The Bertz CT molecular complexity index is 64.3. The Balaban J connectivity index is -0.00000000381. The standard InChI is InChI=1S/C2H5NO2.Al.4ClH.2Zr.3H/c3-1-2(4)5;;;;;;;;;;/h1,3H2,(H,4,5);;4*1H;;;;;. The van der Waals surface area contributed by atoms with Gasteiger partial charge in [0.1, 0.15) is 0 Å². The first kappa shape index (κ1) is 60.5. The van der Waals surface area contributed by atoms with Gasteiger partial charge in [0.15, 0.2) is 17.4 Å². The molecule has 0 rings (SSSR count). The number of carboxylic acid groups (broad SMARTS) is 1. The number of aliphatic carboxylic acids is 1. The van der Waals surface area contributed by atoms with Crippen LogP contribution in [0.15, 0.2) is 0 Å². The summed E-state index contributed by atoms with van der Waals surface area (Å²) in [6, 6.07) is 0. The molecule has 0 aromatic carbocycles. The third kappa shape index (κ3) is 76.2. The summed E-state index contributed by atoms with van der Waals surface area (Å²) in [5.74, 6) is -0.968. The summed E-state index contributed by atoms with van der Waals surface area (Å²) in [5.41, 5.74) is 4.57. The average molecular weight is 433 g/mol. The maximum atomic E-state index is 9.24. The van der Waals surface area contributed by atoms with Gasteiger partial charge in [-0.15, -0.1) is 49.6 Å². The zero-order valence-corrected chi connectivity index (χ0v) is 13.5. The largest absolute Gasteiger partial charge is 0.480 e. The fourth-order valence-electron chi connectivity index (χ4n) is 0. The Kier molecular flexibility index (Phi) is 245. The monoisotopic (exact) mass is 429 g/mol. The van der Waals surface area contributed by atoms with E-state index in [1.165, 1.54) is 0 Å². The third-order valence-electron chi connectivity index (χ3n) is 0.175. The molecule has 76 valence electrons. The zero-order chi connectivity index (χ0) is 4.28. The van der Waals surface area contributed by atoms with E-state index in [0.717, 1.165) is 0 Å². The molecule has 0 saturated heterocycles. The van der Waals surface area contributed by atoms with Crippen LogP contribution in [-0.4, -0.2) is 35.0 Å². The number of carboxylic acids is 1. The fraction of sp³-hybridized carbons (Fsp3) is 0.500. The maximum absolute atomic E-state index is 9.24. The second-order valence-corrected chi connectivity index (χ2v) is 0.598. The Morgan fingerprint density at radius 2 is 1.17 bits per heavy atom. The second kappa shape index (κ2) is 48.6. The first-order chi connectivity index (χ1) is 2.27. The minimum absolute atomic E-state index is 0. The molecule has 0 aromatic rings. The van der Waals surface area contributed by atoms with Crippen LogP contribution in [-0.2, 0) is 57.2 Å². The maximum Gasteiger partial charge on any atom is 0.317 e. The van der Waals surface area contributed by atoms with Crippen LogP contribution in [0, 0.1) is 0 Å². The summed E-state index contributed by atoms with van der Waals surface area (Å²) < 4.78 is 0. The number of halogens is 4. The van der Waals surface area contributed by atoms with E-state index in [1.54, 1.807) is 0 Å². The summed E-state index contributed by atoms with van der Waals surface area (Å²) in [4.78, 5) is 9.24. The Morgan fingerprint density at radius 1 is 1.08 bits per heavy atom. The van der Waals surface area contributed by atoms with Crippen molar-refractivity contribution in [1.29, 1.82) is 0 Å². The fourth-order valence-corrected chi connectivity index (χ4v) is 0. The number of nitrogens with two attached hydrogens (primary N) is 1. The molecule has 10 heteroatoms. The number of hydrogen-bond acceptors (Lipinski definition) is 2. The van der Waals surface area contributed by atoms with E-state index in [4.69, 9.17) is 5.11 Å². The van der Waals surface area contributed by atoms with E-state index < -0.39 is 5.97 Å². The van der Waals surface area contributed by atoms with Gasteiger partial charge in [-0.2, -0.15) is 0 Å². The molecule has 3 nitrogen and oxygen atoms in total. The molecule has 0 saturated carbocycles. The van der Waals surface area contributed by atoms with Gasteiger partial charge in [0, 0.05) is 52.4 Å². The van der Waals surface area contributed by atoms with Crippen molar-refractivity contribution in [2.75, 3.05) is 6.54 Å². The van der Waals surface area contributed by atoms with Gasteiger partial charge in [-0.1, -0.05) is 0 Å². The summed E-state index contributed by atoms with van der Waals surface area (Å²) >= 11 is 0. The molecular weight excluding hydrogens is 421 g/mol. The number of rotatable bonds is 1. The second-order valence-electron chi connectivity index (χ2n) is 0.598. The SMILES string of the molecule is Cl.Cl.Cl.Cl.NCC(=O)O.[AlH3].[Zr].[Zr]. The number of carbonyl (C=O) groups is 1. The van der Waals surface area contributed by atoms with Crippen molar-refractivity contribution in [2.24, 2.45) is 5.73 Å². The van der Waals surface area contributed by atoms with Gasteiger partial charge >= 0.3 is 5.97 Å². The van der Waals surface area contributed by atoms with Crippen LogP contribution >= 0.6 is 49.6 Å². The molecule has 12 heavy (non-hydrogen) atoms. The van der Waals surface area contributed by atoms with Gasteiger partial charge in [-0.3, -0.25) is 4.79 Å². The van der Waals surface area contributed by atoms with Crippen molar-refractivity contribution >= 4 is 73.0 Å². The Labute approximate surface area is 145 Å². The van der Waals surface area contributed by atoms with Crippen LogP contribution in [0.2, 0.25) is 0 Å². The molecule has 0 aliphatic rings. The average Bonchev–Trinajstić information content (AvgIpc) is 1.38. The molecule has 0 amide bonds. The van der Waals surface area contributed by atoms with Gasteiger partial charge in [-0.05, 0) is 0 Å². The first-order valence-electron chi connectivity index (χ1n) is 1.19. The van der Waals surface area contributed by atoms with Crippen LogP contribution in [0.3, 0.4) is 0 Å². The van der Waals surface area contributed by atoms with Gasteiger partial charge in [0.25, 0.3) is 0 Å². The molecule has 0 unspecified atom stereocenters. The van der Waals surface area contributed by atoms with Crippen molar-refractivity contribution in [3.8, 4) is 0 Å². The van der Waals surface area contributed by atoms with E-state index >= 15 is 0 Å². The first-order valence-corrected chi connectivity index (χ1v) is 1.19. The zero-order valence-electron chi connectivity index (χ0n) is 5.27. The van der Waals surface area contributed by atoms with Crippen molar-refractivity contribution < 1.29 is 62.3 Å². The van der Waals surface area contributed by atoms with E-state index in [0.29, 0.717) is 0 Å². The minimum atomic E-state index is -0.968. The molecule has 0 atom stereocenters. The van der Waals surface area contributed by atoms with Gasteiger partial charge in [0.05, 0.1) is 6.54 Å². The van der Waals surface area contributed by atoms with Crippen molar-refractivity contribution in [3.05, 3.63) is 0 Å².